The summed E-state index contributed by atoms with van der Waals surface area (Å²) in [6, 6.07) is 21.2. The molecule has 0 fully saturated rings. The van der Waals surface area contributed by atoms with Gasteiger partial charge in [-0.25, -0.2) is 4.68 Å². The molecule has 0 saturated carbocycles. The standard InChI is InChI=1S/C21H16N4O3/c26-20(18-11-12-25(24-18)17-8-2-1-3-9-17)22-15-6-4-7-16(14-15)23-21(27)19-10-5-13-28-19/h1-14H,(H,22,26)(H,23,27). The average molecular weight is 372 g/mol. The molecular formula is C21H16N4O3. The highest BCUT2D eigenvalue weighted by molar-refractivity contribution is 6.04. The maximum Gasteiger partial charge on any atom is 0.291 e. The van der Waals surface area contributed by atoms with E-state index in [9.17, 15) is 9.59 Å². The van der Waals surface area contributed by atoms with E-state index < -0.39 is 0 Å². The Morgan fingerprint density at radius 2 is 1.57 bits per heavy atom. The molecule has 4 aromatic rings. The van der Waals surface area contributed by atoms with E-state index in [-0.39, 0.29) is 23.3 Å². The van der Waals surface area contributed by atoms with Gasteiger partial charge >= 0.3 is 0 Å². The van der Waals surface area contributed by atoms with E-state index >= 15 is 0 Å². The number of hydrogen-bond donors (Lipinski definition) is 2. The molecule has 0 aliphatic carbocycles. The number of aromatic nitrogens is 2. The van der Waals surface area contributed by atoms with Crippen LogP contribution in [0.4, 0.5) is 11.4 Å². The molecule has 138 valence electrons. The molecule has 2 N–H and O–H groups in total. The van der Waals surface area contributed by atoms with Crippen LogP contribution in [0.15, 0.2) is 89.7 Å². The fraction of sp³-hybridized carbons (Fsp3) is 0. The minimum absolute atomic E-state index is 0.209. The van der Waals surface area contributed by atoms with Crippen LogP contribution in [0.5, 0.6) is 0 Å². The molecule has 7 heteroatoms. The van der Waals surface area contributed by atoms with Gasteiger partial charge in [0, 0.05) is 17.6 Å². The minimum Gasteiger partial charge on any atom is -0.459 e. The molecule has 0 atom stereocenters. The average Bonchev–Trinajstić information content (AvgIpc) is 3.41. The van der Waals surface area contributed by atoms with Crippen molar-refractivity contribution in [3.63, 3.8) is 0 Å². The molecular weight excluding hydrogens is 356 g/mol. The third-order valence-electron chi connectivity index (χ3n) is 3.97. The monoisotopic (exact) mass is 372 g/mol. The van der Waals surface area contributed by atoms with Crippen molar-refractivity contribution in [2.75, 3.05) is 10.6 Å². The van der Waals surface area contributed by atoms with Crippen LogP contribution in [-0.2, 0) is 0 Å². The van der Waals surface area contributed by atoms with Crippen molar-refractivity contribution < 1.29 is 14.0 Å². The first-order chi connectivity index (χ1) is 13.7. The highest BCUT2D eigenvalue weighted by Gasteiger charge is 2.12. The summed E-state index contributed by atoms with van der Waals surface area (Å²) >= 11 is 0. The van der Waals surface area contributed by atoms with Crippen LogP contribution in [0.2, 0.25) is 0 Å². The molecule has 0 bridgehead atoms. The molecule has 2 heterocycles. The Morgan fingerprint density at radius 1 is 0.821 bits per heavy atom. The Morgan fingerprint density at radius 3 is 2.29 bits per heavy atom. The normalized spacial score (nSPS) is 10.4. The van der Waals surface area contributed by atoms with Gasteiger partial charge < -0.3 is 15.1 Å². The maximum absolute atomic E-state index is 12.5. The van der Waals surface area contributed by atoms with Crippen molar-refractivity contribution >= 4 is 23.2 Å². The van der Waals surface area contributed by atoms with Gasteiger partial charge in [0.1, 0.15) is 0 Å². The molecule has 4 rings (SSSR count). The van der Waals surface area contributed by atoms with Gasteiger partial charge in [0.15, 0.2) is 11.5 Å². The van der Waals surface area contributed by atoms with Crippen LogP contribution >= 0.6 is 0 Å². The molecule has 0 radical (unpaired) electrons. The van der Waals surface area contributed by atoms with E-state index in [0.29, 0.717) is 11.4 Å². The lowest BCUT2D eigenvalue weighted by molar-refractivity contribution is 0.0994. The van der Waals surface area contributed by atoms with Gasteiger partial charge in [-0.2, -0.15) is 5.10 Å². The summed E-state index contributed by atoms with van der Waals surface area (Å²) in [5.74, 6) is -0.500. The number of rotatable bonds is 5. The smallest absolute Gasteiger partial charge is 0.291 e. The summed E-state index contributed by atoms with van der Waals surface area (Å²) in [4.78, 5) is 24.6. The molecule has 0 spiro atoms. The number of carbonyl (C=O) groups excluding carboxylic acids is 2. The van der Waals surface area contributed by atoms with Crippen molar-refractivity contribution in [2.45, 2.75) is 0 Å². The number of nitrogens with one attached hydrogen (secondary N) is 2. The Balaban J connectivity index is 1.45. The second-order valence-corrected chi connectivity index (χ2v) is 5.95. The molecule has 0 unspecified atom stereocenters. The Labute approximate surface area is 160 Å². The molecule has 2 aromatic heterocycles. The van der Waals surface area contributed by atoms with E-state index in [4.69, 9.17) is 4.42 Å². The van der Waals surface area contributed by atoms with Crippen molar-refractivity contribution in [3.05, 3.63) is 96.7 Å². The van der Waals surface area contributed by atoms with Gasteiger partial charge in [0.05, 0.1) is 12.0 Å². The topological polar surface area (TPSA) is 89.2 Å². The summed E-state index contributed by atoms with van der Waals surface area (Å²) in [5.41, 5.74) is 2.23. The molecule has 7 nitrogen and oxygen atoms in total. The lowest BCUT2D eigenvalue weighted by atomic mass is 10.2. The van der Waals surface area contributed by atoms with Crippen LogP contribution in [0.3, 0.4) is 0 Å². The number of nitrogens with zero attached hydrogens (tertiary/aromatic N) is 2. The zero-order valence-electron chi connectivity index (χ0n) is 14.7. The number of amides is 2. The second kappa shape index (κ2) is 7.63. The number of anilines is 2. The lowest BCUT2D eigenvalue weighted by Crippen LogP contribution is -2.14. The zero-order valence-corrected chi connectivity index (χ0v) is 14.7. The molecule has 0 saturated heterocycles. The largest absolute Gasteiger partial charge is 0.459 e. The first-order valence-corrected chi connectivity index (χ1v) is 8.56. The van der Waals surface area contributed by atoms with Crippen molar-refractivity contribution in [3.8, 4) is 5.69 Å². The Bertz CT molecular complexity index is 1100. The van der Waals surface area contributed by atoms with Gasteiger partial charge in [-0.15, -0.1) is 0 Å². The first kappa shape index (κ1) is 17.3. The van der Waals surface area contributed by atoms with Crippen LogP contribution in [0, 0.1) is 0 Å². The van der Waals surface area contributed by atoms with E-state index in [2.05, 4.69) is 15.7 Å². The summed E-state index contributed by atoms with van der Waals surface area (Å²) in [5, 5.41) is 9.81. The van der Waals surface area contributed by atoms with E-state index in [0.717, 1.165) is 5.69 Å². The Kier molecular flexibility index (Phi) is 4.71. The summed E-state index contributed by atoms with van der Waals surface area (Å²) in [6.45, 7) is 0. The van der Waals surface area contributed by atoms with Crippen LogP contribution in [0.1, 0.15) is 21.0 Å². The lowest BCUT2D eigenvalue weighted by Gasteiger charge is -2.07. The highest BCUT2D eigenvalue weighted by Crippen LogP contribution is 2.17. The third-order valence-corrected chi connectivity index (χ3v) is 3.97. The van der Waals surface area contributed by atoms with Crippen molar-refractivity contribution in [1.29, 1.82) is 0 Å². The number of carbonyl (C=O) groups is 2. The van der Waals surface area contributed by atoms with Crippen molar-refractivity contribution in [2.24, 2.45) is 0 Å². The highest BCUT2D eigenvalue weighted by atomic mass is 16.3. The third kappa shape index (κ3) is 3.83. The van der Waals surface area contributed by atoms with Crippen LogP contribution < -0.4 is 10.6 Å². The molecule has 0 aliphatic heterocycles. The van der Waals surface area contributed by atoms with Crippen LogP contribution in [0.25, 0.3) is 5.69 Å². The fourth-order valence-electron chi connectivity index (χ4n) is 2.64. The quantitative estimate of drug-likeness (QED) is 0.555. The predicted molar refractivity (Wildman–Crippen MR) is 105 cm³/mol. The number of para-hydroxylation sites is 1. The summed E-state index contributed by atoms with van der Waals surface area (Å²) in [7, 11) is 0. The van der Waals surface area contributed by atoms with E-state index in [1.807, 2.05) is 30.3 Å². The molecule has 2 amide bonds. The molecule has 2 aromatic carbocycles. The fourth-order valence-corrected chi connectivity index (χ4v) is 2.64. The SMILES string of the molecule is O=C(Nc1cccc(NC(=O)c2ccco2)c1)c1ccn(-c2ccccc2)n1. The molecule has 0 aliphatic rings. The Hall–Kier alpha value is -4.13. The second-order valence-electron chi connectivity index (χ2n) is 5.95. The summed E-state index contributed by atoms with van der Waals surface area (Å²) < 4.78 is 6.70. The number of furan rings is 1. The number of benzene rings is 2. The van der Waals surface area contributed by atoms with E-state index in [1.165, 1.54) is 6.26 Å². The predicted octanol–water partition coefficient (Wildman–Crippen LogP) is 3.97. The van der Waals surface area contributed by atoms with Gasteiger partial charge in [-0.05, 0) is 48.5 Å². The minimum atomic E-state index is -0.366. The van der Waals surface area contributed by atoms with Crippen molar-refractivity contribution in [1.82, 2.24) is 9.78 Å². The van der Waals surface area contributed by atoms with Gasteiger partial charge in [0.25, 0.3) is 11.8 Å². The van der Waals surface area contributed by atoms with Crippen LogP contribution in [-0.4, -0.2) is 21.6 Å². The first-order valence-electron chi connectivity index (χ1n) is 8.56. The van der Waals surface area contributed by atoms with E-state index in [1.54, 1.807) is 53.3 Å². The maximum atomic E-state index is 12.5. The van der Waals surface area contributed by atoms with Gasteiger partial charge in [-0.1, -0.05) is 24.3 Å². The van der Waals surface area contributed by atoms with Gasteiger partial charge in [-0.3, -0.25) is 9.59 Å². The van der Waals surface area contributed by atoms with Gasteiger partial charge in [0.2, 0.25) is 0 Å². The molecule has 28 heavy (non-hydrogen) atoms. The number of hydrogen-bond acceptors (Lipinski definition) is 4. The zero-order chi connectivity index (χ0) is 19.3. The summed E-state index contributed by atoms with van der Waals surface area (Å²) in [6.07, 6.45) is 3.16.